The quantitative estimate of drug-likeness (QED) is 0.278. The monoisotopic (exact) mass is 455 g/mol. The minimum Gasteiger partial charge on any atom is -0.356 e. The average molecular weight is 455 g/mol. The van der Waals surface area contributed by atoms with Gasteiger partial charge in [0.25, 0.3) is 0 Å². The van der Waals surface area contributed by atoms with Crippen LogP contribution in [0.1, 0.15) is 36.6 Å². The smallest absolute Gasteiger partial charge is 0.191 e. The molecular weight excluding hydrogens is 425 g/mol. The van der Waals surface area contributed by atoms with E-state index in [0.29, 0.717) is 6.54 Å². The Morgan fingerprint density at radius 1 is 1.12 bits per heavy atom. The lowest BCUT2D eigenvalue weighted by atomic mass is 10.1. The van der Waals surface area contributed by atoms with Crippen LogP contribution in [0, 0.1) is 6.92 Å². The molecule has 25 heavy (non-hydrogen) atoms. The van der Waals surface area contributed by atoms with Crippen LogP contribution in [-0.2, 0) is 20.0 Å². The summed E-state index contributed by atoms with van der Waals surface area (Å²) in [5.74, 6) is 0.881. The van der Waals surface area contributed by atoms with Crippen molar-refractivity contribution in [3.63, 3.8) is 0 Å². The third kappa shape index (κ3) is 7.90. The van der Waals surface area contributed by atoms with Crippen molar-refractivity contribution >= 4 is 29.9 Å². The van der Waals surface area contributed by atoms with Crippen LogP contribution < -0.4 is 10.6 Å². The Balaban J connectivity index is 0.00000312. The maximum Gasteiger partial charge on any atom is 0.191 e. The van der Waals surface area contributed by atoms with Gasteiger partial charge in [-0.05, 0) is 25.0 Å². The fourth-order valence-corrected chi connectivity index (χ4v) is 2.38. The van der Waals surface area contributed by atoms with Crippen LogP contribution in [0.4, 0.5) is 0 Å². The molecule has 0 aliphatic rings. The Hall–Kier alpha value is -1.57. The van der Waals surface area contributed by atoms with E-state index < -0.39 is 0 Å². The van der Waals surface area contributed by atoms with Gasteiger partial charge in [-0.3, -0.25) is 4.68 Å². The minimum atomic E-state index is 0. The molecule has 2 N–H and O–H groups in total. The van der Waals surface area contributed by atoms with Gasteiger partial charge in [0.1, 0.15) is 0 Å². The summed E-state index contributed by atoms with van der Waals surface area (Å²) in [6, 6.07) is 10.6. The van der Waals surface area contributed by atoms with Gasteiger partial charge >= 0.3 is 0 Å². The van der Waals surface area contributed by atoms with Crippen molar-refractivity contribution in [3.05, 3.63) is 53.3 Å². The Morgan fingerprint density at radius 3 is 2.48 bits per heavy atom. The number of guanidine groups is 1. The Kier molecular flexibility index (Phi) is 10.2. The van der Waals surface area contributed by atoms with Crippen molar-refractivity contribution in [1.82, 2.24) is 20.4 Å². The van der Waals surface area contributed by atoms with Crippen LogP contribution in [0.25, 0.3) is 0 Å². The van der Waals surface area contributed by atoms with Crippen molar-refractivity contribution in [1.29, 1.82) is 0 Å². The van der Waals surface area contributed by atoms with Crippen molar-refractivity contribution in [2.24, 2.45) is 12.0 Å². The molecular formula is C19H30IN5. The largest absolute Gasteiger partial charge is 0.356 e. The molecule has 0 unspecified atom stereocenters. The Labute approximate surface area is 168 Å². The number of aliphatic imine (C=N–C) groups is 1. The second-order valence-electron chi connectivity index (χ2n) is 6.05. The van der Waals surface area contributed by atoms with Gasteiger partial charge in [0.05, 0.1) is 6.54 Å². The van der Waals surface area contributed by atoms with Crippen LogP contribution in [0.2, 0.25) is 0 Å². The van der Waals surface area contributed by atoms with Crippen molar-refractivity contribution < 1.29 is 0 Å². The molecule has 0 saturated carbocycles. The van der Waals surface area contributed by atoms with Crippen LogP contribution in [0.15, 0.2) is 41.5 Å². The molecule has 1 aromatic carbocycles. The number of halogens is 1. The molecule has 5 nitrogen and oxygen atoms in total. The summed E-state index contributed by atoms with van der Waals surface area (Å²) in [5, 5.41) is 11.0. The predicted molar refractivity (Wildman–Crippen MR) is 116 cm³/mol. The van der Waals surface area contributed by atoms with Gasteiger partial charge < -0.3 is 10.6 Å². The number of rotatable bonds is 8. The van der Waals surface area contributed by atoms with E-state index in [-0.39, 0.29) is 24.0 Å². The lowest BCUT2D eigenvalue weighted by Crippen LogP contribution is -2.39. The summed E-state index contributed by atoms with van der Waals surface area (Å²) in [4.78, 5) is 4.71. The SMILES string of the molecule is CCCCNC(=NCc1ccc(C)cc1)NCCc1ccnn1C.I. The highest BCUT2D eigenvalue weighted by molar-refractivity contribution is 14.0. The minimum absolute atomic E-state index is 0. The van der Waals surface area contributed by atoms with E-state index in [1.54, 1.807) is 0 Å². The summed E-state index contributed by atoms with van der Waals surface area (Å²) in [7, 11) is 1.97. The van der Waals surface area contributed by atoms with Gasteiger partial charge in [-0.15, -0.1) is 24.0 Å². The first-order valence-corrected chi connectivity index (χ1v) is 8.73. The number of hydrogen-bond acceptors (Lipinski definition) is 2. The highest BCUT2D eigenvalue weighted by Gasteiger charge is 2.01. The molecule has 138 valence electrons. The molecule has 0 aliphatic carbocycles. The first kappa shape index (κ1) is 21.5. The molecule has 0 atom stereocenters. The maximum absolute atomic E-state index is 4.71. The lowest BCUT2D eigenvalue weighted by Gasteiger charge is -2.12. The zero-order valence-corrected chi connectivity index (χ0v) is 17.8. The fraction of sp³-hybridized carbons (Fsp3) is 0.474. The van der Waals surface area contributed by atoms with Gasteiger partial charge in [-0.25, -0.2) is 4.99 Å². The first-order chi connectivity index (χ1) is 11.7. The molecule has 0 amide bonds. The van der Waals surface area contributed by atoms with Gasteiger partial charge in [-0.1, -0.05) is 43.2 Å². The van der Waals surface area contributed by atoms with E-state index >= 15 is 0 Å². The van der Waals surface area contributed by atoms with E-state index in [4.69, 9.17) is 4.99 Å². The number of nitrogens with zero attached hydrogens (tertiary/aromatic N) is 3. The van der Waals surface area contributed by atoms with Crippen LogP contribution in [-0.4, -0.2) is 28.8 Å². The van der Waals surface area contributed by atoms with Gasteiger partial charge in [-0.2, -0.15) is 5.10 Å². The average Bonchev–Trinajstić information content (AvgIpc) is 2.99. The molecule has 2 rings (SSSR count). The van der Waals surface area contributed by atoms with Crippen molar-refractivity contribution in [2.75, 3.05) is 13.1 Å². The predicted octanol–water partition coefficient (Wildman–Crippen LogP) is 3.42. The van der Waals surface area contributed by atoms with E-state index in [1.165, 1.54) is 23.2 Å². The molecule has 0 bridgehead atoms. The molecule has 0 spiro atoms. The summed E-state index contributed by atoms with van der Waals surface area (Å²) < 4.78 is 1.91. The zero-order chi connectivity index (χ0) is 17.2. The van der Waals surface area contributed by atoms with E-state index in [0.717, 1.165) is 31.9 Å². The van der Waals surface area contributed by atoms with Crippen LogP contribution >= 0.6 is 24.0 Å². The highest BCUT2D eigenvalue weighted by Crippen LogP contribution is 2.04. The van der Waals surface area contributed by atoms with E-state index in [2.05, 4.69) is 59.9 Å². The summed E-state index contributed by atoms with van der Waals surface area (Å²) in [6.45, 7) is 6.77. The zero-order valence-electron chi connectivity index (χ0n) is 15.5. The van der Waals surface area contributed by atoms with Crippen LogP contribution in [0.3, 0.4) is 0 Å². The standard InChI is InChI=1S/C19H29N5.HI/c1-4-5-12-20-19(21-13-10-18-11-14-23-24(18)3)22-15-17-8-6-16(2)7-9-17;/h6-9,11,14H,4-5,10,12-13,15H2,1-3H3,(H2,20,21,22);1H. The highest BCUT2D eigenvalue weighted by atomic mass is 127. The fourth-order valence-electron chi connectivity index (χ4n) is 2.38. The lowest BCUT2D eigenvalue weighted by molar-refractivity contribution is 0.683. The first-order valence-electron chi connectivity index (χ1n) is 8.73. The number of benzene rings is 1. The Morgan fingerprint density at radius 2 is 1.84 bits per heavy atom. The molecule has 0 radical (unpaired) electrons. The number of aryl methyl sites for hydroxylation is 2. The number of hydrogen-bond donors (Lipinski definition) is 2. The van der Waals surface area contributed by atoms with Crippen molar-refractivity contribution in [2.45, 2.75) is 39.7 Å². The van der Waals surface area contributed by atoms with E-state index in [9.17, 15) is 0 Å². The number of nitrogens with one attached hydrogen (secondary N) is 2. The van der Waals surface area contributed by atoms with Gasteiger partial charge in [0.15, 0.2) is 5.96 Å². The molecule has 0 saturated heterocycles. The second-order valence-corrected chi connectivity index (χ2v) is 6.05. The molecule has 0 fully saturated rings. The molecule has 0 aliphatic heterocycles. The van der Waals surface area contributed by atoms with Crippen molar-refractivity contribution in [3.8, 4) is 0 Å². The number of aromatic nitrogens is 2. The molecule has 6 heteroatoms. The summed E-state index contributed by atoms with van der Waals surface area (Å²) in [5.41, 5.74) is 3.72. The normalized spacial score (nSPS) is 11.1. The van der Waals surface area contributed by atoms with Gasteiger partial charge in [0.2, 0.25) is 0 Å². The Bertz CT molecular complexity index is 634. The summed E-state index contributed by atoms with van der Waals surface area (Å²) >= 11 is 0. The number of unbranched alkanes of at least 4 members (excludes halogenated alkanes) is 1. The third-order valence-corrected chi connectivity index (χ3v) is 3.96. The third-order valence-electron chi connectivity index (χ3n) is 3.96. The topological polar surface area (TPSA) is 54.2 Å². The van der Waals surface area contributed by atoms with Crippen LogP contribution in [0.5, 0.6) is 0 Å². The molecule has 2 aromatic rings. The molecule has 1 aromatic heterocycles. The van der Waals surface area contributed by atoms with Gasteiger partial charge in [0, 0.05) is 38.4 Å². The maximum atomic E-state index is 4.71. The summed E-state index contributed by atoms with van der Waals surface area (Å²) in [6.07, 6.45) is 5.08. The molecule has 1 heterocycles. The second kappa shape index (κ2) is 11.9. The van der Waals surface area contributed by atoms with E-state index in [1.807, 2.05) is 17.9 Å².